The third kappa shape index (κ3) is 2.75. The summed E-state index contributed by atoms with van der Waals surface area (Å²) in [5.74, 6) is 0.802. The number of benzene rings is 1. The van der Waals surface area contributed by atoms with Crippen LogP contribution in [0.3, 0.4) is 0 Å². The third-order valence-corrected chi connectivity index (χ3v) is 4.22. The Balaban J connectivity index is 1.91. The Morgan fingerprint density at radius 3 is 2.58 bits per heavy atom. The molecule has 0 bridgehead atoms. The quantitative estimate of drug-likeness (QED) is 0.827. The second-order valence-corrected chi connectivity index (χ2v) is 5.66. The first-order chi connectivity index (χ1) is 9.24. The maximum Gasteiger partial charge on any atom is 0.133 e. The molecule has 0 spiro atoms. The van der Waals surface area contributed by atoms with Gasteiger partial charge in [-0.25, -0.2) is 9.97 Å². The molecule has 1 aliphatic carbocycles. The predicted octanol–water partition coefficient (Wildman–Crippen LogP) is 4.25. The van der Waals surface area contributed by atoms with Gasteiger partial charge in [-0.1, -0.05) is 29.3 Å². The third-order valence-electron chi connectivity index (χ3n) is 3.51. The van der Waals surface area contributed by atoms with Crippen LogP contribution in [0.2, 0.25) is 10.0 Å². The van der Waals surface area contributed by atoms with Gasteiger partial charge in [-0.2, -0.15) is 0 Å². The zero-order valence-electron chi connectivity index (χ0n) is 10.5. The predicted molar refractivity (Wildman–Crippen MR) is 77.9 cm³/mol. The summed E-state index contributed by atoms with van der Waals surface area (Å²) >= 11 is 12.4. The van der Waals surface area contributed by atoms with E-state index in [0.29, 0.717) is 16.5 Å². The summed E-state index contributed by atoms with van der Waals surface area (Å²) in [7, 11) is 0. The van der Waals surface area contributed by atoms with E-state index in [0.717, 1.165) is 24.2 Å². The fraction of sp³-hybridized carbons (Fsp3) is 0.333. The molecule has 0 radical (unpaired) electrons. The van der Waals surface area contributed by atoms with Gasteiger partial charge in [0, 0.05) is 28.4 Å². The maximum atomic E-state index is 6.18. The zero-order chi connectivity index (χ0) is 13.2. The molecule has 1 aromatic heterocycles. The van der Waals surface area contributed by atoms with Gasteiger partial charge in [0.1, 0.15) is 5.82 Å². The van der Waals surface area contributed by atoms with Crippen molar-refractivity contribution in [3.05, 3.63) is 57.1 Å². The van der Waals surface area contributed by atoms with Crippen LogP contribution in [0.4, 0.5) is 0 Å². The Labute approximate surface area is 122 Å². The lowest BCUT2D eigenvalue weighted by atomic mass is 9.97. The highest BCUT2D eigenvalue weighted by molar-refractivity contribution is 6.36. The van der Waals surface area contributed by atoms with Gasteiger partial charge in [0.2, 0.25) is 0 Å². The van der Waals surface area contributed by atoms with E-state index in [4.69, 9.17) is 23.2 Å². The van der Waals surface area contributed by atoms with Crippen molar-refractivity contribution >= 4 is 23.2 Å². The molecule has 1 aliphatic rings. The highest BCUT2D eigenvalue weighted by Crippen LogP contribution is 2.26. The minimum atomic E-state index is 0.589. The summed E-state index contributed by atoms with van der Waals surface area (Å²) in [4.78, 5) is 9.10. The van der Waals surface area contributed by atoms with E-state index < -0.39 is 0 Å². The summed E-state index contributed by atoms with van der Waals surface area (Å²) in [6, 6.07) is 5.55. The van der Waals surface area contributed by atoms with Crippen molar-refractivity contribution in [3.63, 3.8) is 0 Å². The molecule has 1 aromatic carbocycles. The second kappa shape index (κ2) is 5.48. The molecular formula is C15H14Cl2N2. The molecule has 0 atom stereocenters. The normalized spacial score (nSPS) is 14.2. The minimum Gasteiger partial charge on any atom is -0.241 e. The Hall–Kier alpha value is -1.12. The van der Waals surface area contributed by atoms with Crippen LogP contribution >= 0.6 is 23.2 Å². The minimum absolute atomic E-state index is 0.589. The maximum absolute atomic E-state index is 6.18. The molecule has 1 heterocycles. The van der Waals surface area contributed by atoms with Gasteiger partial charge in [-0.15, -0.1) is 0 Å². The molecule has 19 heavy (non-hydrogen) atoms. The second-order valence-electron chi connectivity index (χ2n) is 4.84. The number of rotatable bonds is 2. The van der Waals surface area contributed by atoms with Gasteiger partial charge in [-0.05, 0) is 48.9 Å². The Bertz CT molecular complexity index is 591. The summed E-state index contributed by atoms with van der Waals surface area (Å²) in [6.45, 7) is 0. The average Bonchev–Trinajstić information content (AvgIpc) is 2.43. The molecule has 0 unspecified atom stereocenters. The van der Waals surface area contributed by atoms with Crippen molar-refractivity contribution in [2.45, 2.75) is 32.1 Å². The van der Waals surface area contributed by atoms with Crippen LogP contribution in [-0.2, 0) is 19.3 Å². The smallest absolute Gasteiger partial charge is 0.133 e. The molecule has 0 amide bonds. The SMILES string of the molecule is Clc1cccc(Cl)c1Cc1ncc2c(n1)CCCC2. The van der Waals surface area contributed by atoms with Crippen LogP contribution < -0.4 is 0 Å². The van der Waals surface area contributed by atoms with Crippen LogP contribution in [0.5, 0.6) is 0 Å². The summed E-state index contributed by atoms with van der Waals surface area (Å²) in [5.41, 5.74) is 3.39. The van der Waals surface area contributed by atoms with Crippen molar-refractivity contribution < 1.29 is 0 Å². The van der Waals surface area contributed by atoms with Gasteiger partial charge in [-0.3, -0.25) is 0 Å². The van der Waals surface area contributed by atoms with Gasteiger partial charge in [0.05, 0.1) is 0 Å². The van der Waals surface area contributed by atoms with Crippen LogP contribution in [0.25, 0.3) is 0 Å². The van der Waals surface area contributed by atoms with Gasteiger partial charge in [0.25, 0.3) is 0 Å². The number of aromatic nitrogens is 2. The molecule has 4 heteroatoms. The highest BCUT2D eigenvalue weighted by atomic mass is 35.5. The molecule has 0 saturated heterocycles. The van der Waals surface area contributed by atoms with E-state index in [-0.39, 0.29) is 0 Å². The highest BCUT2D eigenvalue weighted by Gasteiger charge is 2.14. The van der Waals surface area contributed by atoms with Crippen molar-refractivity contribution in [1.29, 1.82) is 0 Å². The van der Waals surface area contributed by atoms with Crippen LogP contribution in [0.1, 0.15) is 35.5 Å². The molecule has 3 rings (SSSR count). The fourth-order valence-electron chi connectivity index (χ4n) is 2.46. The number of hydrogen-bond acceptors (Lipinski definition) is 2. The first-order valence-electron chi connectivity index (χ1n) is 6.50. The standard InChI is InChI=1S/C15H14Cl2N2/c16-12-5-3-6-13(17)11(12)8-15-18-9-10-4-1-2-7-14(10)19-15/h3,5-6,9H,1-2,4,7-8H2. The first-order valence-corrected chi connectivity index (χ1v) is 7.26. The monoisotopic (exact) mass is 292 g/mol. The summed E-state index contributed by atoms with van der Waals surface area (Å²) in [6.07, 6.45) is 7.17. The Morgan fingerprint density at radius 2 is 1.79 bits per heavy atom. The molecular weight excluding hydrogens is 279 g/mol. The van der Waals surface area contributed by atoms with E-state index in [9.17, 15) is 0 Å². The topological polar surface area (TPSA) is 25.8 Å². The first kappa shape index (κ1) is 12.9. The fourth-order valence-corrected chi connectivity index (χ4v) is 2.99. The van der Waals surface area contributed by atoms with Crippen LogP contribution in [0.15, 0.2) is 24.4 Å². The van der Waals surface area contributed by atoms with Gasteiger partial charge < -0.3 is 0 Å². The van der Waals surface area contributed by atoms with E-state index >= 15 is 0 Å². The average molecular weight is 293 g/mol. The number of fused-ring (bicyclic) bond motifs is 1. The van der Waals surface area contributed by atoms with Gasteiger partial charge in [0.15, 0.2) is 0 Å². The summed E-state index contributed by atoms with van der Waals surface area (Å²) < 4.78 is 0. The Morgan fingerprint density at radius 1 is 1.05 bits per heavy atom. The number of nitrogens with zero attached hydrogens (tertiary/aromatic N) is 2. The molecule has 2 nitrogen and oxygen atoms in total. The molecule has 0 aliphatic heterocycles. The van der Waals surface area contributed by atoms with E-state index in [1.807, 2.05) is 24.4 Å². The summed E-state index contributed by atoms with van der Waals surface area (Å²) in [5, 5.41) is 1.35. The molecule has 0 N–H and O–H groups in total. The van der Waals surface area contributed by atoms with Crippen LogP contribution in [-0.4, -0.2) is 9.97 Å². The molecule has 2 aromatic rings. The number of halogens is 2. The van der Waals surface area contributed by atoms with E-state index in [2.05, 4.69) is 9.97 Å². The lowest BCUT2D eigenvalue weighted by Gasteiger charge is -2.15. The zero-order valence-corrected chi connectivity index (χ0v) is 12.0. The van der Waals surface area contributed by atoms with Crippen molar-refractivity contribution in [3.8, 4) is 0 Å². The van der Waals surface area contributed by atoms with Crippen molar-refractivity contribution in [1.82, 2.24) is 9.97 Å². The van der Waals surface area contributed by atoms with Crippen molar-refractivity contribution in [2.24, 2.45) is 0 Å². The number of hydrogen-bond donors (Lipinski definition) is 0. The largest absolute Gasteiger partial charge is 0.241 e. The Kier molecular flexibility index (Phi) is 3.72. The van der Waals surface area contributed by atoms with Crippen molar-refractivity contribution in [2.75, 3.05) is 0 Å². The lowest BCUT2D eigenvalue weighted by Crippen LogP contribution is -2.09. The molecule has 0 fully saturated rings. The van der Waals surface area contributed by atoms with E-state index in [1.165, 1.54) is 24.1 Å². The van der Waals surface area contributed by atoms with E-state index in [1.54, 1.807) is 0 Å². The van der Waals surface area contributed by atoms with Crippen LogP contribution in [0, 0.1) is 0 Å². The molecule has 0 saturated carbocycles. The number of aryl methyl sites for hydroxylation is 2. The van der Waals surface area contributed by atoms with Gasteiger partial charge >= 0.3 is 0 Å². The molecule has 98 valence electrons. The lowest BCUT2D eigenvalue weighted by molar-refractivity contribution is 0.655.